The Bertz CT molecular complexity index is 363. The Balaban J connectivity index is 0.000000288. The lowest BCUT2D eigenvalue weighted by Gasteiger charge is -1.97. The van der Waals surface area contributed by atoms with Gasteiger partial charge in [0.15, 0.2) is 0 Å². The summed E-state index contributed by atoms with van der Waals surface area (Å²) in [7, 11) is 0. The van der Waals surface area contributed by atoms with Crippen molar-refractivity contribution in [1.29, 1.82) is 0 Å². The average Bonchev–Trinajstić information content (AvgIpc) is 2.13. The number of phenolic OH excluding ortho intramolecular Hbond substituents is 1. The van der Waals surface area contributed by atoms with Crippen LogP contribution < -0.4 is 11.5 Å². The zero-order valence-corrected chi connectivity index (χ0v) is 8.40. The molecule has 0 aromatic heterocycles. The molecule has 0 heterocycles. The number of rotatable bonds is 1. The molecule has 0 aliphatic carbocycles. The molecule has 0 atom stereocenters. The number of phenols is 1. The van der Waals surface area contributed by atoms with Crippen molar-refractivity contribution in [3.05, 3.63) is 30.4 Å². The number of aromatic hydroxyl groups is 1. The average molecular weight is 210 g/mol. The van der Waals surface area contributed by atoms with Crippen molar-refractivity contribution < 1.29 is 15.0 Å². The molecule has 0 bridgehead atoms. The van der Waals surface area contributed by atoms with Gasteiger partial charge in [0.25, 0.3) is 0 Å². The summed E-state index contributed by atoms with van der Waals surface area (Å²) in [5.74, 6) is -0.862. The number of hydrogen-bond donors (Lipinski definition) is 4. The van der Waals surface area contributed by atoms with E-state index in [1.54, 1.807) is 6.07 Å². The van der Waals surface area contributed by atoms with E-state index >= 15 is 0 Å². The highest BCUT2D eigenvalue weighted by molar-refractivity contribution is 5.84. The van der Waals surface area contributed by atoms with Crippen molar-refractivity contribution in [2.45, 2.75) is 6.92 Å². The SMILES string of the molecule is C=C(C)C(=O)O.Nc1ccc(O)c(N)c1. The molecule has 0 fully saturated rings. The molecule has 0 saturated carbocycles. The summed E-state index contributed by atoms with van der Waals surface area (Å²) in [5, 5.41) is 16.8. The Morgan fingerprint density at radius 3 is 2.13 bits per heavy atom. The predicted octanol–water partition coefficient (Wildman–Crippen LogP) is 1.20. The highest BCUT2D eigenvalue weighted by atomic mass is 16.4. The van der Waals surface area contributed by atoms with Crippen LogP contribution in [0.25, 0.3) is 0 Å². The first-order valence-corrected chi connectivity index (χ1v) is 4.07. The maximum Gasteiger partial charge on any atom is 0.330 e. The Labute approximate surface area is 87.6 Å². The third-order valence-corrected chi connectivity index (χ3v) is 1.42. The van der Waals surface area contributed by atoms with Crippen LogP contribution in [0.1, 0.15) is 6.92 Å². The van der Waals surface area contributed by atoms with E-state index in [2.05, 4.69) is 6.58 Å². The molecule has 0 saturated heterocycles. The van der Waals surface area contributed by atoms with Gasteiger partial charge in [-0.05, 0) is 25.1 Å². The van der Waals surface area contributed by atoms with Gasteiger partial charge in [-0.15, -0.1) is 0 Å². The fourth-order valence-corrected chi connectivity index (χ4v) is 0.573. The molecule has 82 valence electrons. The van der Waals surface area contributed by atoms with Gasteiger partial charge in [0.05, 0.1) is 5.69 Å². The zero-order valence-electron chi connectivity index (χ0n) is 8.40. The fourth-order valence-electron chi connectivity index (χ4n) is 0.573. The second-order valence-electron chi connectivity index (χ2n) is 2.90. The van der Waals surface area contributed by atoms with Crippen molar-refractivity contribution >= 4 is 17.3 Å². The molecule has 15 heavy (non-hydrogen) atoms. The Kier molecular flexibility index (Phi) is 4.74. The molecule has 1 aromatic rings. The minimum absolute atomic E-state index is 0.0733. The molecule has 0 radical (unpaired) electrons. The number of anilines is 2. The van der Waals surface area contributed by atoms with Crippen molar-refractivity contribution in [2.75, 3.05) is 11.5 Å². The largest absolute Gasteiger partial charge is 0.506 e. The van der Waals surface area contributed by atoms with Gasteiger partial charge in [-0.1, -0.05) is 6.58 Å². The standard InChI is InChI=1S/C6H8N2O.C4H6O2/c7-4-1-2-6(9)5(8)3-4;1-3(2)4(5)6/h1-3,9H,7-8H2;1H2,2H3,(H,5,6). The fraction of sp³-hybridized carbons (Fsp3) is 0.100. The Hall–Kier alpha value is -2.17. The van der Waals surface area contributed by atoms with Crippen LogP contribution in [0.15, 0.2) is 30.4 Å². The number of carboxylic acid groups (broad SMARTS) is 1. The zero-order chi connectivity index (χ0) is 12.0. The summed E-state index contributed by atoms with van der Waals surface area (Å²) in [6.45, 7) is 4.60. The summed E-state index contributed by atoms with van der Waals surface area (Å²) in [6, 6.07) is 4.56. The summed E-state index contributed by atoms with van der Waals surface area (Å²) in [6.07, 6.45) is 0. The van der Waals surface area contributed by atoms with Gasteiger partial charge in [-0.2, -0.15) is 0 Å². The second-order valence-corrected chi connectivity index (χ2v) is 2.90. The van der Waals surface area contributed by atoms with Gasteiger partial charge in [0, 0.05) is 11.3 Å². The maximum atomic E-state index is 9.60. The van der Waals surface area contributed by atoms with E-state index in [1.165, 1.54) is 19.1 Å². The molecule has 0 unspecified atom stereocenters. The number of carbonyl (C=O) groups is 1. The summed E-state index contributed by atoms with van der Waals surface area (Å²) >= 11 is 0. The summed E-state index contributed by atoms with van der Waals surface area (Å²) < 4.78 is 0. The van der Waals surface area contributed by atoms with Gasteiger partial charge in [-0.25, -0.2) is 4.79 Å². The molecule has 0 spiro atoms. The number of hydrogen-bond acceptors (Lipinski definition) is 4. The third-order valence-electron chi connectivity index (χ3n) is 1.42. The highest BCUT2D eigenvalue weighted by Gasteiger charge is 1.93. The molecule has 5 heteroatoms. The molecular formula is C10H14N2O3. The highest BCUT2D eigenvalue weighted by Crippen LogP contribution is 2.20. The van der Waals surface area contributed by atoms with Crippen LogP contribution in [-0.4, -0.2) is 16.2 Å². The number of carboxylic acids is 1. The third kappa shape index (κ3) is 5.20. The van der Waals surface area contributed by atoms with Crippen molar-refractivity contribution in [1.82, 2.24) is 0 Å². The predicted molar refractivity (Wildman–Crippen MR) is 59.4 cm³/mol. The molecule has 0 aliphatic rings. The van der Waals surface area contributed by atoms with Crippen molar-refractivity contribution in [2.24, 2.45) is 0 Å². The number of nitrogen functional groups attached to an aromatic ring is 2. The Morgan fingerprint density at radius 2 is 1.87 bits per heavy atom. The normalized spacial score (nSPS) is 8.60. The molecule has 6 N–H and O–H groups in total. The van der Waals surface area contributed by atoms with Crippen LogP contribution in [0.4, 0.5) is 11.4 Å². The van der Waals surface area contributed by atoms with E-state index in [0.29, 0.717) is 11.4 Å². The Morgan fingerprint density at radius 1 is 1.40 bits per heavy atom. The monoisotopic (exact) mass is 210 g/mol. The minimum Gasteiger partial charge on any atom is -0.506 e. The van der Waals surface area contributed by atoms with Crippen LogP contribution in [0, 0.1) is 0 Å². The van der Waals surface area contributed by atoms with E-state index in [9.17, 15) is 4.79 Å². The van der Waals surface area contributed by atoms with E-state index in [4.69, 9.17) is 21.7 Å². The van der Waals surface area contributed by atoms with E-state index in [0.717, 1.165) is 0 Å². The smallest absolute Gasteiger partial charge is 0.330 e. The number of benzene rings is 1. The molecule has 1 aromatic carbocycles. The van der Waals surface area contributed by atoms with E-state index in [-0.39, 0.29) is 11.3 Å². The first-order valence-electron chi connectivity index (χ1n) is 4.07. The van der Waals surface area contributed by atoms with Gasteiger partial charge in [0.1, 0.15) is 5.75 Å². The van der Waals surface area contributed by atoms with Gasteiger partial charge < -0.3 is 21.7 Å². The van der Waals surface area contributed by atoms with E-state index in [1.807, 2.05) is 0 Å². The van der Waals surface area contributed by atoms with Crippen LogP contribution >= 0.6 is 0 Å². The van der Waals surface area contributed by atoms with Crippen LogP contribution in [0.2, 0.25) is 0 Å². The van der Waals surface area contributed by atoms with Crippen molar-refractivity contribution in [3.63, 3.8) is 0 Å². The lowest BCUT2D eigenvalue weighted by atomic mass is 10.3. The van der Waals surface area contributed by atoms with Crippen LogP contribution in [0.5, 0.6) is 5.75 Å². The van der Waals surface area contributed by atoms with Gasteiger partial charge in [-0.3, -0.25) is 0 Å². The van der Waals surface area contributed by atoms with E-state index < -0.39 is 5.97 Å². The topological polar surface area (TPSA) is 110 Å². The van der Waals surface area contributed by atoms with Crippen molar-refractivity contribution in [3.8, 4) is 5.75 Å². The van der Waals surface area contributed by atoms with Gasteiger partial charge >= 0.3 is 5.97 Å². The number of aliphatic carboxylic acids is 1. The number of nitrogens with two attached hydrogens (primary N) is 2. The summed E-state index contributed by atoms with van der Waals surface area (Å²) in [4.78, 5) is 9.60. The first-order chi connectivity index (χ1) is 6.84. The molecule has 1 rings (SSSR count). The molecular weight excluding hydrogens is 196 g/mol. The molecule has 5 nitrogen and oxygen atoms in total. The maximum absolute atomic E-state index is 9.60. The van der Waals surface area contributed by atoms with Gasteiger partial charge in [0.2, 0.25) is 0 Å². The molecule has 0 aliphatic heterocycles. The molecule has 0 amide bonds. The van der Waals surface area contributed by atoms with Crippen LogP contribution in [-0.2, 0) is 4.79 Å². The first kappa shape index (κ1) is 12.8. The lowest BCUT2D eigenvalue weighted by molar-refractivity contribution is -0.132. The quantitative estimate of drug-likeness (QED) is 0.241. The summed E-state index contributed by atoms with van der Waals surface area (Å²) in [5.41, 5.74) is 11.7. The van der Waals surface area contributed by atoms with Crippen LogP contribution in [0.3, 0.4) is 0 Å². The second kappa shape index (κ2) is 5.54. The minimum atomic E-state index is -0.935. The lowest BCUT2D eigenvalue weighted by Crippen LogP contribution is -1.92.